The topological polar surface area (TPSA) is 80.3 Å². The Morgan fingerprint density at radius 1 is 1.14 bits per heavy atom. The standard InChI is InChI=1S/C28H40O7SSi/c1-25(2,3)37(6,7)35-22-8-9-23-20(19-22)18-21-10-12-26(4)24(11-13-28(26)31-16-17-32-28)27(21,34-23)14-15-33-36(5,29)30/h8-9,11,18-19H,10,12-17H2,1-7H3/t26-,27+/m0/s1. The van der Waals surface area contributed by atoms with Gasteiger partial charge in [0.15, 0.2) is 11.4 Å². The summed E-state index contributed by atoms with van der Waals surface area (Å²) in [5.41, 5.74) is 2.01. The van der Waals surface area contributed by atoms with Crippen molar-refractivity contribution in [2.45, 2.75) is 82.9 Å². The average molecular weight is 549 g/mol. The lowest BCUT2D eigenvalue weighted by molar-refractivity contribution is -0.219. The summed E-state index contributed by atoms with van der Waals surface area (Å²) >= 11 is 0. The summed E-state index contributed by atoms with van der Waals surface area (Å²) in [6.07, 6.45) is 8.16. The molecule has 0 bridgehead atoms. The van der Waals surface area contributed by atoms with E-state index in [2.05, 4.69) is 59.0 Å². The van der Waals surface area contributed by atoms with Gasteiger partial charge in [0.25, 0.3) is 10.1 Å². The fourth-order valence-corrected chi connectivity index (χ4v) is 7.50. The van der Waals surface area contributed by atoms with Gasteiger partial charge in [0.1, 0.15) is 11.5 Å². The third-order valence-corrected chi connectivity index (χ3v) is 14.1. The number of hydrogen-bond acceptors (Lipinski definition) is 7. The molecule has 9 heteroatoms. The van der Waals surface area contributed by atoms with E-state index in [4.69, 9.17) is 22.8 Å². The van der Waals surface area contributed by atoms with Crippen molar-refractivity contribution >= 4 is 24.5 Å². The second-order valence-electron chi connectivity index (χ2n) is 12.5. The number of rotatable bonds is 6. The highest BCUT2D eigenvalue weighted by molar-refractivity contribution is 7.85. The number of hydrogen-bond donors (Lipinski definition) is 0. The van der Waals surface area contributed by atoms with E-state index in [-0.39, 0.29) is 17.1 Å². The first kappa shape index (κ1) is 26.9. The fourth-order valence-electron chi connectivity index (χ4n) is 6.09. The van der Waals surface area contributed by atoms with Crippen LogP contribution in [0.25, 0.3) is 6.08 Å². The van der Waals surface area contributed by atoms with Crippen molar-refractivity contribution in [1.29, 1.82) is 0 Å². The minimum atomic E-state index is -3.58. The van der Waals surface area contributed by atoms with Crippen molar-refractivity contribution in [1.82, 2.24) is 0 Å². The fraction of sp³-hybridized carbons (Fsp3) is 0.643. The lowest BCUT2D eigenvalue weighted by atomic mass is 9.60. The molecule has 2 aliphatic heterocycles. The third kappa shape index (κ3) is 4.40. The summed E-state index contributed by atoms with van der Waals surface area (Å²) < 4.78 is 54.8. The van der Waals surface area contributed by atoms with E-state index in [1.165, 1.54) is 0 Å². The van der Waals surface area contributed by atoms with E-state index in [9.17, 15) is 8.42 Å². The second-order valence-corrected chi connectivity index (χ2v) is 18.9. The van der Waals surface area contributed by atoms with Crippen molar-refractivity contribution in [3.8, 4) is 11.5 Å². The molecule has 2 atom stereocenters. The first-order valence-corrected chi connectivity index (χ1v) is 17.9. The van der Waals surface area contributed by atoms with E-state index in [0.717, 1.165) is 47.3 Å². The van der Waals surface area contributed by atoms with Crippen LogP contribution in [0.1, 0.15) is 58.9 Å². The maximum atomic E-state index is 11.8. The highest BCUT2D eigenvalue weighted by Crippen LogP contribution is 2.64. The van der Waals surface area contributed by atoms with Gasteiger partial charge in [0.05, 0.1) is 26.1 Å². The van der Waals surface area contributed by atoms with Gasteiger partial charge in [0, 0.05) is 23.8 Å². The van der Waals surface area contributed by atoms with Crippen LogP contribution in [0.2, 0.25) is 18.1 Å². The summed E-state index contributed by atoms with van der Waals surface area (Å²) in [5, 5.41) is 0.0930. The van der Waals surface area contributed by atoms with Crippen LogP contribution in [0.4, 0.5) is 0 Å². The first-order valence-electron chi connectivity index (χ1n) is 13.2. The Morgan fingerprint density at radius 2 is 1.84 bits per heavy atom. The zero-order valence-electron chi connectivity index (χ0n) is 23.1. The maximum Gasteiger partial charge on any atom is 0.264 e. The van der Waals surface area contributed by atoms with Gasteiger partial charge in [-0.1, -0.05) is 33.8 Å². The number of ether oxygens (including phenoxy) is 3. The normalized spacial score (nSPS) is 28.6. The van der Waals surface area contributed by atoms with Gasteiger partial charge in [-0.3, -0.25) is 4.18 Å². The summed E-state index contributed by atoms with van der Waals surface area (Å²) in [5.74, 6) is 0.916. The Hall–Kier alpha value is -1.65. The summed E-state index contributed by atoms with van der Waals surface area (Å²) in [6, 6.07) is 6.03. The molecule has 0 unspecified atom stereocenters. The molecule has 1 saturated heterocycles. The Kier molecular flexibility index (Phi) is 6.32. The molecule has 0 amide bonds. The van der Waals surface area contributed by atoms with Gasteiger partial charge in [-0.15, -0.1) is 0 Å². The van der Waals surface area contributed by atoms with Crippen molar-refractivity contribution in [3.05, 3.63) is 41.0 Å². The maximum absolute atomic E-state index is 11.8. The van der Waals surface area contributed by atoms with Gasteiger partial charge >= 0.3 is 0 Å². The average Bonchev–Trinajstić information content (AvgIpc) is 3.37. The highest BCUT2D eigenvalue weighted by Gasteiger charge is 2.65. The van der Waals surface area contributed by atoms with Gasteiger partial charge in [-0.05, 0) is 66.4 Å². The van der Waals surface area contributed by atoms with E-state index in [1.807, 2.05) is 12.1 Å². The Bertz CT molecular complexity index is 1250. The van der Waals surface area contributed by atoms with Crippen molar-refractivity contribution in [2.24, 2.45) is 5.41 Å². The molecule has 1 saturated carbocycles. The quantitative estimate of drug-likeness (QED) is 0.252. The molecule has 2 heterocycles. The molecule has 0 radical (unpaired) electrons. The minimum Gasteiger partial charge on any atom is -0.543 e. The zero-order valence-corrected chi connectivity index (χ0v) is 24.9. The van der Waals surface area contributed by atoms with E-state index >= 15 is 0 Å². The Labute approximate surface area is 222 Å². The second kappa shape index (κ2) is 8.68. The van der Waals surface area contributed by atoms with Gasteiger partial charge in [0.2, 0.25) is 8.32 Å². The van der Waals surface area contributed by atoms with Gasteiger partial charge in [-0.2, -0.15) is 8.42 Å². The van der Waals surface area contributed by atoms with Crippen molar-refractivity contribution < 1.29 is 31.2 Å². The predicted octanol–water partition coefficient (Wildman–Crippen LogP) is 5.82. The van der Waals surface area contributed by atoms with Crippen LogP contribution in [0.3, 0.4) is 0 Å². The van der Waals surface area contributed by atoms with Crippen LogP contribution >= 0.6 is 0 Å². The van der Waals surface area contributed by atoms with Crippen LogP contribution in [0.15, 0.2) is 35.4 Å². The smallest absolute Gasteiger partial charge is 0.264 e. The molecule has 5 rings (SSSR count). The van der Waals surface area contributed by atoms with Crippen molar-refractivity contribution in [3.63, 3.8) is 0 Å². The van der Waals surface area contributed by atoms with Crippen LogP contribution in [0, 0.1) is 5.41 Å². The lowest BCUT2D eigenvalue weighted by Crippen LogP contribution is -2.56. The van der Waals surface area contributed by atoms with Crippen molar-refractivity contribution in [2.75, 3.05) is 26.1 Å². The van der Waals surface area contributed by atoms with Gasteiger partial charge < -0.3 is 18.6 Å². The van der Waals surface area contributed by atoms with Gasteiger partial charge in [-0.25, -0.2) is 0 Å². The molecule has 204 valence electrons. The molecule has 2 fully saturated rings. The largest absolute Gasteiger partial charge is 0.543 e. The number of benzene rings is 1. The summed E-state index contributed by atoms with van der Waals surface area (Å²) in [6.45, 7) is 14.5. The first-order chi connectivity index (χ1) is 17.1. The molecule has 1 aromatic carbocycles. The van der Waals surface area contributed by atoms with Crippen LogP contribution < -0.4 is 9.16 Å². The molecule has 1 aromatic rings. The zero-order chi connectivity index (χ0) is 26.9. The molecular weight excluding hydrogens is 508 g/mol. The predicted molar refractivity (Wildman–Crippen MR) is 146 cm³/mol. The SMILES string of the molecule is CC(C)(C)[Si](C)(C)Oc1ccc2c(c1)C=C1CC[C@@]3(C)C(=CCC34OCCO4)[C@]1(CCOS(C)(=O)=O)O2. The van der Waals surface area contributed by atoms with E-state index in [0.29, 0.717) is 26.1 Å². The van der Waals surface area contributed by atoms with Crippen LogP contribution in [0.5, 0.6) is 11.5 Å². The molecular formula is C28H40O7SSi. The molecule has 0 N–H and O–H groups in total. The molecule has 2 aliphatic carbocycles. The van der Waals surface area contributed by atoms with Crippen LogP contribution in [-0.2, 0) is 23.8 Å². The Balaban J connectivity index is 1.53. The molecule has 37 heavy (non-hydrogen) atoms. The minimum absolute atomic E-state index is 0.0280. The Morgan fingerprint density at radius 3 is 2.49 bits per heavy atom. The van der Waals surface area contributed by atoms with E-state index < -0.39 is 29.8 Å². The lowest BCUT2D eigenvalue weighted by Gasteiger charge is -2.53. The summed E-state index contributed by atoms with van der Waals surface area (Å²) in [7, 11) is -5.57. The molecule has 0 aromatic heterocycles. The molecule has 4 aliphatic rings. The molecule has 1 spiro atoms. The van der Waals surface area contributed by atoms with Crippen LogP contribution in [-0.4, -0.2) is 54.2 Å². The molecule has 7 nitrogen and oxygen atoms in total. The van der Waals surface area contributed by atoms with E-state index in [1.54, 1.807) is 0 Å². The summed E-state index contributed by atoms with van der Waals surface area (Å²) in [4.78, 5) is 0. The third-order valence-electron chi connectivity index (χ3n) is 9.14. The monoisotopic (exact) mass is 548 g/mol. The number of fused-ring (bicyclic) bond motifs is 5. The highest BCUT2D eigenvalue weighted by atomic mass is 32.2.